The van der Waals surface area contributed by atoms with E-state index in [1.165, 1.54) is 11.3 Å². The molecule has 2 aromatic carbocycles. The number of rotatable bonds is 5. The largest absolute Gasteiger partial charge is 0.305 e. The predicted octanol–water partition coefficient (Wildman–Crippen LogP) is 5.83. The number of thiazole rings is 1. The van der Waals surface area contributed by atoms with Gasteiger partial charge in [-0.2, -0.15) is 0 Å². The van der Waals surface area contributed by atoms with E-state index in [1.807, 2.05) is 71.3 Å². The molecule has 182 valence electrons. The summed E-state index contributed by atoms with van der Waals surface area (Å²) in [6.45, 7) is 5.54. The molecular weight excluding hydrogens is 470 g/mol. The van der Waals surface area contributed by atoms with E-state index >= 15 is 0 Å². The predicted molar refractivity (Wildman–Crippen MR) is 142 cm³/mol. The zero-order chi connectivity index (χ0) is 25.2. The summed E-state index contributed by atoms with van der Waals surface area (Å²) >= 11 is 1.34. The van der Waals surface area contributed by atoms with Crippen molar-refractivity contribution in [3.8, 4) is 10.7 Å². The van der Waals surface area contributed by atoms with Crippen molar-refractivity contribution in [2.24, 2.45) is 0 Å². The van der Waals surface area contributed by atoms with Crippen molar-refractivity contribution in [1.29, 1.82) is 0 Å². The number of amides is 2. The van der Waals surface area contributed by atoms with Crippen molar-refractivity contribution in [2.75, 3.05) is 9.80 Å². The van der Waals surface area contributed by atoms with Crippen LogP contribution in [0.15, 0.2) is 73.2 Å². The molecule has 0 fully saturated rings. The second-order valence-corrected chi connectivity index (χ2v) is 9.80. The molecule has 0 saturated carbocycles. The van der Waals surface area contributed by atoms with Gasteiger partial charge in [0.15, 0.2) is 0 Å². The number of benzene rings is 2. The van der Waals surface area contributed by atoms with Gasteiger partial charge in [-0.15, -0.1) is 11.3 Å². The maximum absolute atomic E-state index is 14.1. The molecule has 1 aliphatic rings. The Balaban J connectivity index is 1.57. The van der Waals surface area contributed by atoms with Gasteiger partial charge < -0.3 is 9.80 Å². The number of aromatic nitrogens is 3. The fraction of sp³-hybridized carbons (Fsp3) is 0.250. The third-order valence-electron chi connectivity index (χ3n) is 6.56. The number of carbonyl (C=O) groups excluding carboxylic acids is 2. The number of hydrogen-bond donors (Lipinski definition) is 0. The molecule has 1 aliphatic heterocycles. The van der Waals surface area contributed by atoms with Gasteiger partial charge in [0.05, 0.1) is 17.9 Å². The molecule has 4 aromatic rings. The highest BCUT2D eigenvalue weighted by Gasteiger charge is 2.40. The van der Waals surface area contributed by atoms with Crippen molar-refractivity contribution in [3.05, 3.63) is 89.3 Å². The van der Waals surface area contributed by atoms with Crippen LogP contribution < -0.4 is 9.80 Å². The SMILES string of the molecule is CCC1CC(N(C(C)=O)c2ccccc2)c2ccccc2N1C(=O)c1sc(-c2cnccn2)nc1C. The van der Waals surface area contributed by atoms with Crippen LogP contribution in [0.5, 0.6) is 0 Å². The first kappa shape index (κ1) is 23.8. The number of hydrogen-bond acceptors (Lipinski definition) is 6. The summed E-state index contributed by atoms with van der Waals surface area (Å²) < 4.78 is 0. The molecule has 7 nitrogen and oxygen atoms in total. The minimum Gasteiger partial charge on any atom is -0.305 e. The lowest BCUT2D eigenvalue weighted by Gasteiger charge is -2.44. The standard InChI is InChI=1S/C28H27N5O2S/c1-4-20-16-25(32(19(3)34)21-10-6-5-7-11-21)22-12-8-9-13-24(22)33(20)28(35)26-18(2)31-27(36-26)23-17-29-14-15-30-23/h5-15,17,20,25H,4,16H2,1-3H3. The average Bonchev–Trinajstić information content (AvgIpc) is 3.30. The molecule has 8 heteroatoms. The smallest absolute Gasteiger partial charge is 0.270 e. The third-order valence-corrected chi connectivity index (χ3v) is 7.73. The van der Waals surface area contributed by atoms with Gasteiger partial charge in [0.25, 0.3) is 5.91 Å². The van der Waals surface area contributed by atoms with E-state index < -0.39 is 0 Å². The first-order valence-electron chi connectivity index (χ1n) is 12.0. The Morgan fingerprint density at radius 3 is 2.53 bits per heavy atom. The Bertz CT molecular complexity index is 1390. The van der Waals surface area contributed by atoms with Gasteiger partial charge in [-0.05, 0) is 43.5 Å². The van der Waals surface area contributed by atoms with Crippen LogP contribution in [0.2, 0.25) is 0 Å². The van der Waals surface area contributed by atoms with Crippen LogP contribution in [0.4, 0.5) is 11.4 Å². The molecule has 0 aliphatic carbocycles. The van der Waals surface area contributed by atoms with Gasteiger partial charge in [-0.25, -0.2) is 4.98 Å². The average molecular weight is 498 g/mol. The number of carbonyl (C=O) groups is 2. The van der Waals surface area contributed by atoms with Crippen LogP contribution >= 0.6 is 11.3 Å². The summed E-state index contributed by atoms with van der Waals surface area (Å²) in [4.78, 5) is 44.4. The molecule has 5 rings (SSSR count). The number of aryl methyl sites for hydroxylation is 1. The molecule has 0 radical (unpaired) electrons. The summed E-state index contributed by atoms with van der Waals surface area (Å²) in [5, 5.41) is 0.673. The van der Waals surface area contributed by atoms with E-state index in [4.69, 9.17) is 0 Å². The number of para-hydroxylation sites is 2. The fourth-order valence-corrected chi connectivity index (χ4v) is 5.90. The van der Waals surface area contributed by atoms with E-state index in [-0.39, 0.29) is 23.9 Å². The quantitative estimate of drug-likeness (QED) is 0.347. The van der Waals surface area contributed by atoms with Crippen LogP contribution in [0.1, 0.15) is 53.7 Å². The molecule has 0 saturated heterocycles. The lowest BCUT2D eigenvalue weighted by atomic mass is 9.88. The highest BCUT2D eigenvalue weighted by atomic mass is 32.1. The lowest BCUT2D eigenvalue weighted by molar-refractivity contribution is -0.117. The summed E-state index contributed by atoms with van der Waals surface area (Å²) in [5.41, 5.74) is 3.98. The van der Waals surface area contributed by atoms with Crippen LogP contribution in [0.25, 0.3) is 10.7 Å². The molecule has 2 atom stereocenters. The summed E-state index contributed by atoms with van der Waals surface area (Å²) in [5.74, 6) is -0.102. The van der Waals surface area contributed by atoms with Crippen molar-refractivity contribution in [2.45, 2.75) is 45.7 Å². The zero-order valence-electron chi connectivity index (χ0n) is 20.5. The van der Waals surface area contributed by atoms with Crippen LogP contribution in [0, 0.1) is 6.92 Å². The van der Waals surface area contributed by atoms with Gasteiger partial charge in [0, 0.05) is 36.7 Å². The number of anilines is 2. The monoisotopic (exact) mass is 497 g/mol. The first-order chi connectivity index (χ1) is 17.5. The molecule has 36 heavy (non-hydrogen) atoms. The molecule has 2 aromatic heterocycles. The maximum atomic E-state index is 14.1. The maximum Gasteiger partial charge on any atom is 0.270 e. The van der Waals surface area contributed by atoms with Crippen LogP contribution in [-0.4, -0.2) is 32.8 Å². The first-order valence-corrected chi connectivity index (χ1v) is 12.8. The normalized spacial score (nSPS) is 16.9. The Morgan fingerprint density at radius 2 is 1.83 bits per heavy atom. The van der Waals surface area contributed by atoms with Gasteiger partial charge in [-0.1, -0.05) is 43.3 Å². The summed E-state index contributed by atoms with van der Waals surface area (Å²) in [7, 11) is 0. The van der Waals surface area contributed by atoms with Gasteiger partial charge in [0.1, 0.15) is 15.6 Å². The number of nitrogens with zero attached hydrogens (tertiary/aromatic N) is 5. The highest BCUT2D eigenvalue weighted by molar-refractivity contribution is 7.17. The van der Waals surface area contributed by atoms with Gasteiger partial charge in [0.2, 0.25) is 5.91 Å². The molecule has 0 N–H and O–H groups in total. The van der Waals surface area contributed by atoms with Crippen molar-refractivity contribution in [3.63, 3.8) is 0 Å². The zero-order valence-corrected chi connectivity index (χ0v) is 21.3. The van der Waals surface area contributed by atoms with E-state index in [1.54, 1.807) is 25.5 Å². The van der Waals surface area contributed by atoms with E-state index in [0.29, 0.717) is 27.7 Å². The fourth-order valence-electron chi connectivity index (χ4n) is 4.94. The Labute approximate surface area is 214 Å². The summed E-state index contributed by atoms with van der Waals surface area (Å²) in [6.07, 6.45) is 6.29. The van der Waals surface area contributed by atoms with Crippen LogP contribution in [-0.2, 0) is 4.79 Å². The van der Waals surface area contributed by atoms with Crippen molar-refractivity contribution < 1.29 is 9.59 Å². The highest BCUT2D eigenvalue weighted by Crippen LogP contribution is 2.44. The molecule has 2 unspecified atom stereocenters. The van der Waals surface area contributed by atoms with Gasteiger partial charge >= 0.3 is 0 Å². The van der Waals surface area contributed by atoms with E-state index in [0.717, 1.165) is 23.4 Å². The molecule has 0 spiro atoms. The molecule has 0 bridgehead atoms. The van der Waals surface area contributed by atoms with Crippen molar-refractivity contribution in [1.82, 2.24) is 15.0 Å². The molecule has 2 amide bonds. The number of fused-ring (bicyclic) bond motifs is 1. The molecular formula is C28H27N5O2S. The minimum atomic E-state index is -0.173. The Hall–Kier alpha value is -3.91. The van der Waals surface area contributed by atoms with Crippen molar-refractivity contribution >= 4 is 34.5 Å². The second kappa shape index (κ2) is 9.99. The Kier molecular flexibility index (Phi) is 6.61. The second-order valence-electron chi connectivity index (χ2n) is 8.80. The minimum absolute atomic E-state index is 0.0254. The van der Waals surface area contributed by atoms with Gasteiger partial charge in [-0.3, -0.25) is 19.6 Å². The third kappa shape index (κ3) is 4.28. The lowest BCUT2D eigenvalue weighted by Crippen LogP contribution is -2.48. The van der Waals surface area contributed by atoms with E-state index in [9.17, 15) is 9.59 Å². The van der Waals surface area contributed by atoms with Crippen LogP contribution in [0.3, 0.4) is 0 Å². The molecule has 3 heterocycles. The van der Waals surface area contributed by atoms with E-state index in [2.05, 4.69) is 21.9 Å². The summed E-state index contributed by atoms with van der Waals surface area (Å²) in [6, 6.07) is 17.4. The Morgan fingerprint density at radius 1 is 1.08 bits per heavy atom. The topological polar surface area (TPSA) is 79.3 Å².